The highest BCUT2D eigenvalue weighted by Gasteiger charge is 2.16. The second-order valence-corrected chi connectivity index (χ2v) is 9.60. The number of rotatable bonds is 2. The summed E-state index contributed by atoms with van der Waals surface area (Å²) in [7, 11) is 0. The second kappa shape index (κ2) is 8.94. The molecule has 0 spiro atoms. The van der Waals surface area contributed by atoms with Gasteiger partial charge in [0.25, 0.3) is 0 Å². The smallest absolute Gasteiger partial charge is 0.206 e. The third kappa shape index (κ3) is 3.55. The van der Waals surface area contributed by atoms with Gasteiger partial charge < -0.3 is 0 Å². The van der Waals surface area contributed by atoms with Crippen molar-refractivity contribution in [3.05, 3.63) is 119 Å². The minimum atomic E-state index is -0.307. The Bertz CT molecular complexity index is 2180. The highest BCUT2D eigenvalue weighted by atomic mass is 19.1. The van der Waals surface area contributed by atoms with Crippen LogP contribution in [0.25, 0.3) is 65.3 Å². The number of hydrogen-bond acceptors (Lipinski definition) is 4. The molecule has 7 aromatic carbocycles. The molecule has 6 heteroatoms. The van der Waals surface area contributed by atoms with E-state index in [1.165, 1.54) is 24.3 Å². The van der Waals surface area contributed by atoms with E-state index in [0.29, 0.717) is 10.7 Å². The standard InChI is InChI=1S/C34H16F2N4/c35-23-7-1-19(2-8-23)21-5-11-25-27-15-32-28(16-31(27)33(39-17-37)29(25)13-21)26-12-6-22(14-30(26)34(32)40-18-38)20-3-9-24(36)10-4-20/h1-16H. The SMILES string of the molecule is N#CN=c1c2cc(-c3ccc(F)cc3)ccc2c2cc3c(=NC#N)c4cc(-c5ccc(F)cc5)ccc4c3cc12. The summed E-state index contributed by atoms with van der Waals surface area (Å²) >= 11 is 0. The van der Waals surface area contributed by atoms with Gasteiger partial charge in [-0.3, -0.25) is 0 Å². The van der Waals surface area contributed by atoms with Crippen molar-refractivity contribution in [2.24, 2.45) is 9.98 Å². The fourth-order valence-corrected chi connectivity index (χ4v) is 5.66. The third-order valence-corrected chi connectivity index (χ3v) is 7.48. The highest BCUT2D eigenvalue weighted by molar-refractivity contribution is 6.21. The van der Waals surface area contributed by atoms with Gasteiger partial charge in [-0.2, -0.15) is 20.5 Å². The fourth-order valence-electron chi connectivity index (χ4n) is 5.66. The van der Waals surface area contributed by atoms with E-state index in [1.807, 2.05) is 60.9 Å². The van der Waals surface area contributed by atoms with Crippen LogP contribution >= 0.6 is 0 Å². The van der Waals surface area contributed by atoms with Crippen molar-refractivity contribution in [2.45, 2.75) is 0 Å². The van der Waals surface area contributed by atoms with Crippen molar-refractivity contribution >= 4 is 43.1 Å². The number of fused-ring (bicyclic) bond motifs is 6. The van der Waals surface area contributed by atoms with Crippen LogP contribution in [0.2, 0.25) is 0 Å². The zero-order valence-corrected chi connectivity index (χ0v) is 20.8. The zero-order valence-electron chi connectivity index (χ0n) is 20.8. The second-order valence-electron chi connectivity index (χ2n) is 9.60. The third-order valence-electron chi connectivity index (χ3n) is 7.48. The average molecular weight is 519 g/mol. The molecule has 186 valence electrons. The Kier molecular flexibility index (Phi) is 5.23. The van der Waals surface area contributed by atoms with Gasteiger partial charge in [-0.15, -0.1) is 0 Å². The van der Waals surface area contributed by atoms with Crippen LogP contribution in [-0.2, 0) is 0 Å². The molecule has 0 bridgehead atoms. The molecule has 0 fully saturated rings. The van der Waals surface area contributed by atoms with E-state index in [4.69, 9.17) is 0 Å². The van der Waals surface area contributed by atoms with Crippen LogP contribution < -0.4 is 10.7 Å². The molecule has 0 N–H and O–H groups in total. The molecule has 0 amide bonds. The van der Waals surface area contributed by atoms with E-state index in [1.54, 1.807) is 24.3 Å². The van der Waals surface area contributed by atoms with Crippen molar-refractivity contribution in [3.63, 3.8) is 0 Å². The van der Waals surface area contributed by atoms with Crippen LogP contribution in [0.15, 0.2) is 107 Å². The van der Waals surface area contributed by atoms with Gasteiger partial charge in [-0.05, 0) is 92.3 Å². The van der Waals surface area contributed by atoms with Crippen molar-refractivity contribution < 1.29 is 8.78 Å². The van der Waals surface area contributed by atoms with Crippen LogP contribution in [0.3, 0.4) is 0 Å². The number of nitrogens with zero attached hydrogens (tertiary/aromatic N) is 4. The van der Waals surface area contributed by atoms with Gasteiger partial charge in [0.2, 0.25) is 12.4 Å². The molecule has 0 heterocycles. The first-order chi connectivity index (χ1) is 19.6. The Morgan fingerprint density at radius 2 is 0.750 bits per heavy atom. The summed E-state index contributed by atoms with van der Waals surface area (Å²) in [6, 6.07) is 28.4. The molecule has 7 aromatic rings. The van der Waals surface area contributed by atoms with Gasteiger partial charge in [0.15, 0.2) is 0 Å². The van der Waals surface area contributed by atoms with E-state index in [2.05, 4.69) is 9.98 Å². The predicted molar refractivity (Wildman–Crippen MR) is 152 cm³/mol. The lowest BCUT2D eigenvalue weighted by atomic mass is 10.0. The summed E-state index contributed by atoms with van der Waals surface area (Å²) in [5.41, 5.74) is 3.48. The van der Waals surface area contributed by atoms with Crippen molar-refractivity contribution in [2.75, 3.05) is 0 Å². The molecule has 0 aliphatic rings. The maximum Gasteiger partial charge on any atom is 0.206 e. The van der Waals surface area contributed by atoms with E-state index in [9.17, 15) is 19.3 Å². The first kappa shape index (κ1) is 23.4. The maximum atomic E-state index is 13.5. The maximum absolute atomic E-state index is 13.5. The average Bonchev–Trinajstić information content (AvgIpc) is 3.44. The van der Waals surface area contributed by atoms with E-state index in [0.717, 1.165) is 65.3 Å². The summed E-state index contributed by atoms with van der Waals surface area (Å²) < 4.78 is 27.0. The molecular formula is C34H16F2N4. The van der Waals surface area contributed by atoms with E-state index >= 15 is 0 Å². The van der Waals surface area contributed by atoms with E-state index in [-0.39, 0.29) is 11.6 Å². The molecule has 40 heavy (non-hydrogen) atoms. The lowest BCUT2D eigenvalue weighted by Gasteiger charge is -2.02. The number of benzene rings is 5. The van der Waals surface area contributed by atoms with Gasteiger partial charge >= 0.3 is 0 Å². The molecular weight excluding hydrogens is 502 g/mol. The number of hydrogen-bond donors (Lipinski definition) is 0. The van der Waals surface area contributed by atoms with Gasteiger partial charge in [0.1, 0.15) is 11.6 Å². The molecule has 0 aliphatic heterocycles. The van der Waals surface area contributed by atoms with Gasteiger partial charge in [-0.1, -0.05) is 48.5 Å². The molecule has 0 radical (unpaired) electrons. The Morgan fingerprint density at radius 1 is 0.400 bits per heavy atom. The fraction of sp³-hybridized carbons (Fsp3) is 0. The zero-order chi connectivity index (χ0) is 27.4. The lowest BCUT2D eigenvalue weighted by molar-refractivity contribution is 0.627. The van der Waals surface area contributed by atoms with Crippen molar-refractivity contribution in [3.8, 4) is 34.6 Å². The first-order valence-corrected chi connectivity index (χ1v) is 12.5. The molecule has 0 unspecified atom stereocenters. The molecule has 4 nitrogen and oxygen atoms in total. The number of nitriles is 2. The topological polar surface area (TPSA) is 72.3 Å². The molecule has 7 rings (SSSR count). The summed E-state index contributed by atoms with van der Waals surface area (Å²) in [6.45, 7) is 0. The minimum absolute atomic E-state index is 0.307. The normalized spacial score (nSPS) is 12.5. The van der Waals surface area contributed by atoms with Crippen LogP contribution in [0.1, 0.15) is 0 Å². The monoisotopic (exact) mass is 518 g/mol. The largest absolute Gasteiger partial charge is 0.207 e. The van der Waals surface area contributed by atoms with Gasteiger partial charge in [0.05, 0.1) is 10.7 Å². The van der Waals surface area contributed by atoms with Crippen LogP contribution in [-0.4, -0.2) is 0 Å². The minimum Gasteiger partial charge on any atom is -0.207 e. The van der Waals surface area contributed by atoms with Gasteiger partial charge in [0, 0.05) is 21.5 Å². The Morgan fingerprint density at radius 3 is 1.12 bits per heavy atom. The Labute approximate surface area is 226 Å². The number of halogens is 2. The predicted octanol–water partition coefficient (Wildman–Crippen LogP) is 7.55. The Balaban J connectivity index is 1.54. The summed E-state index contributed by atoms with van der Waals surface area (Å²) in [6.07, 6.45) is 3.90. The molecule has 0 aromatic heterocycles. The molecule has 0 aliphatic carbocycles. The molecule has 0 saturated carbocycles. The summed E-state index contributed by atoms with van der Waals surface area (Å²) in [5.74, 6) is -0.614. The van der Waals surface area contributed by atoms with Crippen LogP contribution in [0.5, 0.6) is 0 Å². The first-order valence-electron chi connectivity index (χ1n) is 12.5. The quantitative estimate of drug-likeness (QED) is 0.222. The lowest BCUT2D eigenvalue weighted by Crippen LogP contribution is -1.99. The van der Waals surface area contributed by atoms with Crippen LogP contribution in [0, 0.1) is 34.5 Å². The Hall–Kier alpha value is -5.72. The van der Waals surface area contributed by atoms with Crippen molar-refractivity contribution in [1.82, 2.24) is 0 Å². The summed E-state index contributed by atoms with van der Waals surface area (Å²) in [5, 5.41) is 27.1. The van der Waals surface area contributed by atoms with Gasteiger partial charge in [-0.25, -0.2) is 8.78 Å². The van der Waals surface area contributed by atoms with E-state index < -0.39 is 0 Å². The van der Waals surface area contributed by atoms with Crippen LogP contribution in [0.4, 0.5) is 8.78 Å². The molecule has 0 saturated heterocycles. The summed E-state index contributed by atoms with van der Waals surface area (Å²) in [4.78, 5) is 8.40. The molecule has 0 atom stereocenters. The van der Waals surface area contributed by atoms with Crippen molar-refractivity contribution in [1.29, 1.82) is 10.5 Å². The highest BCUT2D eigenvalue weighted by Crippen LogP contribution is 2.35.